The number of likely N-dealkylation sites (N-methyl/N-ethyl adjacent to an activating group) is 1. The van der Waals surface area contributed by atoms with Gasteiger partial charge in [-0.05, 0) is 13.5 Å². The van der Waals surface area contributed by atoms with Crippen LogP contribution in [0.2, 0.25) is 0 Å². The number of hydrogen-bond donors (Lipinski definition) is 1. The molecule has 0 aliphatic heterocycles. The van der Waals surface area contributed by atoms with Gasteiger partial charge in [0.05, 0.1) is 12.6 Å². The Kier molecular flexibility index (Phi) is 5.35. The number of aromatic nitrogens is 1. The summed E-state index contributed by atoms with van der Waals surface area (Å²) in [6.07, 6.45) is -3.11. The van der Waals surface area contributed by atoms with Crippen LogP contribution >= 0.6 is 11.3 Å². The van der Waals surface area contributed by atoms with Crippen molar-refractivity contribution in [2.75, 3.05) is 19.8 Å². The molecule has 1 N–H and O–H groups in total. The molecule has 1 heterocycles. The molecule has 0 amide bonds. The van der Waals surface area contributed by atoms with Gasteiger partial charge in [-0.2, -0.15) is 13.2 Å². The smallest absolute Gasteiger partial charge is 0.380 e. The number of nitrogens with zero attached hydrogens (tertiary/aromatic N) is 1. The van der Waals surface area contributed by atoms with Crippen molar-refractivity contribution in [3.63, 3.8) is 0 Å². The number of halogens is 3. The van der Waals surface area contributed by atoms with Gasteiger partial charge in [-0.15, -0.1) is 11.3 Å². The van der Waals surface area contributed by atoms with E-state index in [0.29, 0.717) is 36.0 Å². The van der Waals surface area contributed by atoms with Gasteiger partial charge in [0.15, 0.2) is 5.01 Å². The molecule has 0 aromatic carbocycles. The van der Waals surface area contributed by atoms with E-state index in [-0.39, 0.29) is 6.04 Å². The zero-order chi connectivity index (χ0) is 12.9. The van der Waals surface area contributed by atoms with Crippen molar-refractivity contribution in [2.24, 2.45) is 0 Å². The molecule has 1 unspecified atom stereocenters. The van der Waals surface area contributed by atoms with E-state index in [1.54, 1.807) is 0 Å². The van der Waals surface area contributed by atoms with Crippen LogP contribution in [0.4, 0.5) is 13.2 Å². The van der Waals surface area contributed by atoms with Crippen molar-refractivity contribution in [3.05, 3.63) is 16.1 Å². The molecule has 7 heteroatoms. The Balaban J connectivity index is 2.76. The highest BCUT2D eigenvalue weighted by atomic mass is 32.1. The SMILES string of the molecule is CCNC(COCC)c1cnc(C(F)(F)F)s1. The molecule has 0 spiro atoms. The topological polar surface area (TPSA) is 34.1 Å². The summed E-state index contributed by atoms with van der Waals surface area (Å²) in [7, 11) is 0. The molecule has 0 saturated heterocycles. The van der Waals surface area contributed by atoms with E-state index in [1.165, 1.54) is 6.20 Å². The van der Waals surface area contributed by atoms with Crippen molar-refractivity contribution in [2.45, 2.75) is 26.1 Å². The van der Waals surface area contributed by atoms with E-state index in [1.807, 2.05) is 13.8 Å². The van der Waals surface area contributed by atoms with Crippen LogP contribution < -0.4 is 5.32 Å². The summed E-state index contributed by atoms with van der Waals surface area (Å²) in [5.41, 5.74) is 0. The fraction of sp³-hybridized carbons (Fsp3) is 0.700. The van der Waals surface area contributed by atoms with Crippen LogP contribution in [0, 0.1) is 0 Å². The van der Waals surface area contributed by atoms with Gasteiger partial charge in [0.25, 0.3) is 0 Å². The van der Waals surface area contributed by atoms with Crippen molar-refractivity contribution in [3.8, 4) is 0 Å². The quantitative estimate of drug-likeness (QED) is 0.861. The highest BCUT2D eigenvalue weighted by molar-refractivity contribution is 7.11. The molecule has 1 rings (SSSR count). The van der Waals surface area contributed by atoms with E-state index in [0.717, 1.165) is 0 Å². The summed E-state index contributed by atoms with van der Waals surface area (Å²) in [6.45, 7) is 5.29. The van der Waals surface area contributed by atoms with Gasteiger partial charge >= 0.3 is 6.18 Å². The molecule has 0 aliphatic rings. The number of hydrogen-bond acceptors (Lipinski definition) is 4. The van der Waals surface area contributed by atoms with Gasteiger partial charge in [0.1, 0.15) is 0 Å². The maximum absolute atomic E-state index is 12.4. The molecule has 0 bridgehead atoms. The Morgan fingerprint density at radius 1 is 1.47 bits per heavy atom. The van der Waals surface area contributed by atoms with Crippen LogP contribution in [0.5, 0.6) is 0 Å². The zero-order valence-corrected chi connectivity index (χ0v) is 10.5. The molecule has 1 aromatic rings. The van der Waals surface area contributed by atoms with Crippen LogP contribution in [0.1, 0.15) is 29.8 Å². The van der Waals surface area contributed by atoms with E-state index in [2.05, 4.69) is 10.3 Å². The summed E-state index contributed by atoms with van der Waals surface area (Å²) >= 11 is 0.660. The molecule has 3 nitrogen and oxygen atoms in total. The van der Waals surface area contributed by atoms with Crippen molar-refractivity contribution in [1.82, 2.24) is 10.3 Å². The first kappa shape index (κ1) is 14.4. The average Bonchev–Trinajstić information content (AvgIpc) is 2.72. The van der Waals surface area contributed by atoms with Crippen LogP contribution in [-0.4, -0.2) is 24.7 Å². The Morgan fingerprint density at radius 3 is 2.65 bits per heavy atom. The molecule has 1 aromatic heterocycles. The lowest BCUT2D eigenvalue weighted by molar-refractivity contribution is -0.137. The molecule has 0 saturated carbocycles. The van der Waals surface area contributed by atoms with Crippen molar-refractivity contribution >= 4 is 11.3 Å². The van der Waals surface area contributed by atoms with Crippen LogP contribution in [0.25, 0.3) is 0 Å². The second kappa shape index (κ2) is 6.32. The standard InChI is InChI=1S/C10H15F3N2OS/c1-3-14-7(6-16-4-2)8-5-15-9(17-8)10(11,12)13/h5,7,14H,3-4,6H2,1-2H3. The van der Waals surface area contributed by atoms with Crippen LogP contribution in [-0.2, 0) is 10.9 Å². The Hall–Kier alpha value is -0.660. The third-order valence-electron chi connectivity index (χ3n) is 2.05. The summed E-state index contributed by atoms with van der Waals surface area (Å²) in [6, 6.07) is -0.228. The van der Waals surface area contributed by atoms with Crippen molar-refractivity contribution < 1.29 is 17.9 Å². The van der Waals surface area contributed by atoms with E-state index < -0.39 is 11.2 Å². The Morgan fingerprint density at radius 2 is 2.18 bits per heavy atom. The van der Waals surface area contributed by atoms with Gasteiger partial charge < -0.3 is 10.1 Å². The Labute approximate surface area is 102 Å². The normalized spacial score (nSPS) is 13.9. The molecule has 1 atom stereocenters. The number of rotatable bonds is 6. The Bertz CT molecular complexity index is 341. The first-order valence-corrected chi connectivity index (χ1v) is 6.14. The monoisotopic (exact) mass is 268 g/mol. The van der Waals surface area contributed by atoms with Gasteiger partial charge in [0, 0.05) is 17.7 Å². The second-order valence-electron chi connectivity index (χ2n) is 3.34. The number of thiazole rings is 1. The third kappa shape index (κ3) is 4.25. The molecule has 0 fully saturated rings. The van der Waals surface area contributed by atoms with Gasteiger partial charge in [-0.1, -0.05) is 6.92 Å². The molecule has 98 valence electrons. The van der Waals surface area contributed by atoms with E-state index in [9.17, 15) is 13.2 Å². The van der Waals surface area contributed by atoms with Crippen molar-refractivity contribution in [1.29, 1.82) is 0 Å². The maximum Gasteiger partial charge on any atom is 0.443 e. The minimum Gasteiger partial charge on any atom is -0.380 e. The third-order valence-corrected chi connectivity index (χ3v) is 3.20. The number of ether oxygens (including phenoxy) is 1. The predicted octanol–water partition coefficient (Wildman–Crippen LogP) is 2.85. The minimum absolute atomic E-state index is 0.228. The summed E-state index contributed by atoms with van der Waals surface area (Å²) < 4.78 is 42.4. The summed E-state index contributed by atoms with van der Waals surface area (Å²) in [4.78, 5) is 3.95. The lowest BCUT2D eigenvalue weighted by Crippen LogP contribution is -2.24. The summed E-state index contributed by atoms with van der Waals surface area (Å²) in [5.74, 6) is 0. The second-order valence-corrected chi connectivity index (χ2v) is 4.40. The number of alkyl halides is 3. The molecule has 0 aliphatic carbocycles. The highest BCUT2D eigenvalue weighted by Gasteiger charge is 2.35. The first-order valence-electron chi connectivity index (χ1n) is 5.33. The molecule has 0 radical (unpaired) electrons. The predicted molar refractivity (Wildman–Crippen MR) is 60.0 cm³/mol. The highest BCUT2D eigenvalue weighted by Crippen LogP contribution is 2.34. The zero-order valence-electron chi connectivity index (χ0n) is 9.67. The summed E-state index contributed by atoms with van der Waals surface area (Å²) in [5, 5.41) is 2.26. The van der Waals surface area contributed by atoms with E-state index >= 15 is 0 Å². The molecule has 17 heavy (non-hydrogen) atoms. The molecular formula is C10H15F3N2OS. The number of nitrogens with one attached hydrogen (secondary N) is 1. The minimum atomic E-state index is -4.37. The first-order chi connectivity index (χ1) is 7.99. The van der Waals surface area contributed by atoms with Crippen LogP contribution in [0.3, 0.4) is 0 Å². The largest absolute Gasteiger partial charge is 0.443 e. The molecular weight excluding hydrogens is 253 g/mol. The van der Waals surface area contributed by atoms with Crippen LogP contribution in [0.15, 0.2) is 6.20 Å². The van der Waals surface area contributed by atoms with Gasteiger partial charge in [0.2, 0.25) is 0 Å². The maximum atomic E-state index is 12.4. The van der Waals surface area contributed by atoms with Gasteiger partial charge in [-0.25, -0.2) is 4.98 Å². The fourth-order valence-electron chi connectivity index (χ4n) is 1.30. The fourth-order valence-corrected chi connectivity index (χ4v) is 2.15. The van der Waals surface area contributed by atoms with Gasteiger partial charge in [-0.3, -0.25) is 0 Å². The average molecular weight is 268 g/mol. The van der Waals surface area contributed by atoms with E-state index in [4.69, 9.17) is 4.74 Å². The lowest BCUT2D eigenvalue weighted by atomic mass is 10.3. The lowest BCUT2D eigenvalue weighted by Gasteiger charge is -2.15.